The van der Waals surface area contributed by atoms with Crippen molar-refractivity contribution in [2.45, 2.75) is 46.7 Å². The Balaban J connectivity index is 1.96. The van der Waals surface area contributed by atoms with Crippen LogP contribution >= 0.6 is 0 Å². The summed E-state index contributed by atoms with van der Waals surface area (Å²) in [5, 5.41) is 3.02. The average molecular weight is 462 g/mol. The van der Waals surface area contributed by atoms with Crippen molar-refractivity contribution in [2.75, 3.05) is 24.3 Å². The minimum atomic E-state index is -0.187. The first-order chi connectivity index (χ1) is 16.0. The predicted octanol–water partition coefficient (Wildman–Crippen LogP) is 6.12. The van der Waals surface area contributed by atoms with E-state index in [0.717, 1.165) is 16.8 Å². The molecule has 2 amide bonds. The van der Waals surface area contributed by atoms with Gasteiger partial charge in [-0.1, -0.05) is 51.1 Å². The average Bonchev–Trinajstić information content (AvgIpc) is 3.31. The smallest absolute Gasteiger partial charge is 0.290 e. The second-order valence-electron chi connectivity index (χ2n) is 10.0. The Morgan fingerprint density at radius 1 is 1.00 bits per heavy atom. The molecule has 0 radical (unpaired) electrons. The van der Waals surface area contributed by atoms with E-state index in [0.29, 0.717) is 24.4 Å². The van der Waals surface area contributed by atoms with Gasteiger partial charge >= 0.3 is 0 Å². The molecule has 0 aliphatic rings. The zero-order valence-electron chi connectivity index (χ0n) is 21.0. The number of hydrogen-bond donors (Lipinski definition) is 1. The summed E-state index contributed by atoms with van der Waals surface area (Å²) >= 11 is 0. The number of hydrogen-bond acceptors (Lipinski definition) is 4. The molecule has 0 fully saturated rings. The first-order valence-corrected chi connectivity index (χ1v) is 11.5. The summed E-state index contributed by atoms with van der Waals surface area (Å²) in [6.45, 7) is 8.48. The Bertz CT molecular complexity index is 1100. The second kappa shape index (κ2) is 10.6. The lowest BCUT2D eigenvalue weighted by Gasteiger charge is -2.31. The minimum Gasteiger partial charge on any atom is -0.459 e. The van der Waals surface area contributed by atoms with Gasteiger partial charge in [0.2, 0.25) is 5.91 Å². The van der Waals surface area contributed by atoms with Crippen molar-refractivity contribution >= 4 is 23.2 Å². The Labute approximate surface area is 202 Å². The molecule has 0 saturated carbocycles. The van der Waals surface area contributed by atoms with Crippen LogP contribution in [0.2, 0.25) is 0 Å². The number of anilines is 2. The first kappa shape index (κ1) is 25.1. The normalized spacial score (nSPS) is 12.2. The largest absolute Gasteiger partial charge is 0.459 e. The number of benzene rings is 2. The van der Waals surface area contributed by atoms with E-state index < -0.39 is 0 Å². The number of nitrogens with one attached hydrogen (secondary N) is 1. The van der Waals surface area contributed by atoms with Crippen molar-refractivity contribution in [3.63, 3.8) is 0 Å². The van der Waals surface area contributed by atoms with Crippen LogP contribution in [0.3, 0.4) is 0 Å². The van der Waals surface area contributed by atoms with Crippen LogP contribution in [0.4, 0.5) is 11.4 Å². The van der Waals surface area contributed by atoms with Gasteiger partial charge < -0.3 is 19.5 Å². The van der Waals surface area contributed by atoms with Gasteiger partial charge in [-0.05, 0) is 53.8 Å². The standard InChI is InChI=1S/C28H35N3O3/c1-20(21-11-8-7-9-12-21)31(27(33)25-13-10-16-34-25)19-22-17-23(14-15-24(22)30(5)6)29-26(32)18-28(2,3)4/h7-17,20H,18-19H2,1-6H3,(H,29,32)/t20-/m0/s1. The summed E-state index contributed by atoms with van der Waals surface area (Å²) in [5.41, 5.74) is 3.55. The van der Waals surface area contributed by atoms with Crippen LogP contribution in [-0.4, -0.2) is 30.8 Å². The maximum absolute atomic E-state index is 13.5. The Morgan fingerprint density at radius 3 is 2.29 bits per heavy atom. The topological polar surface area (TPSA) is 65.8 Å². The third-order valence-corrected chi connectivity index (χ3v) is 5.62. The van der Waals surface area contributed by atoms with Gasteiger partial charge in [0.1, 0.15) is 0 Å². The van der Waals surface area contributed by atoms with Gasteiger partial charge in [0.25, 0.3) is 5.91 Å². The molecule has 3 rings (SSSR count). The number of carbonyl (C=O) groups is 2. The number of rotatable bonds is 8. The van der Waals surface area contributed by atoms with Crippen LogP contribution < -0.4 is 10.2 Å². The molecular formula is C28H35N3O3. The highest BCUT2D eigenvalue weighted by atomic mass is 16.3. The lowest BCUT2D eigenvalue weighted by atomic mass is 9.92. The van der Waals surface area contributed by atoms with E-state index in [9.17, 15) is 9.59 Å². The molecule has 1 N–H and O–H groups in total. The van der Waals surface area contributed by atoms with Crippen molar-refractivity contribution in [1.82, 2.24) is 4.90 Å². The number of amides is 2. The molecule has 180 valence electrons. The van der Waals surface area contributed by atoms with Gasteiger partial charge in [-0.2, -0.15) is 0 Å². The summed E-state index contributed by atoms with van der Waals surface area (Å²) in [6.07, 6.45) is 1.93. The summed E-state index contributed by atoms with van der Waals surface area (Å²) in [4.78, 5) is 29.8. The first-order valence-electron chi connectivity index (χ1n) is 11.5. The highest BCUT2D eigenvalue weighted by molar-refractivity contribution is 5.92. The van der Waals surface area contributed by atoms with Crippen LogP contribution in [0.15, 0.2) is 71.3 Å². The molecule has 6 nitrogen and oxygen atoms in total. The molecule has 0 aliphatic heterocycles. The fourth-order valence-corrected chi connectivity index (χ4v) is 3.93. The monoisotopic (exact) mass is 461 g/mol. The van der Waals surface area contributed by atoms with Crippen molar-refractivity contribution in [1.29, 1.82) is 0 Å². The highest BCUT2D eigenvalue weighted by Gasteiger charge is 2.26. The van der Waals surface area contributed by atoms with Crippen molar-refractivity contribution < 1.29 is 14.0 Å². The predicted molar refractivity (Wildman–Crippen MR) is 137 cm³/mol. The molecule has 1 atom stereocenters. The van der Waals surface area contributed by atoms with E-state index >= 15 is 0 Å². The molecule has 0 spiro atoms. The molecule has 0 unspecified atom stereocenters. The number of furan rings is 1. The van der Waals surface area contributed by atoms with Crippen molar-refractivity contribution in [3.05, 3.63) is 83.8 Å². The van der Waals surface area contributed by atoms with Crippen LogP contribution in [-0.2, 0) is 11.3 Å². The number of carbonyl (C=O) groups excluding carboxylic acids is 2. The molecule has 1 aromatic heterocycles. The van der Waals surface area contributed by atoms with Crippen molar-refractivity contribution in [3.8, 4) is 0 Å². The second-order valence-corrected chi connectivity index (χ2v) is 10.0. The summed E-state index contributed by atoms with van der Waals surface area (Å²) in [5.74, 6) is 0.0780. The zero-order chi connectivity index (χ0) is 24.9. The fraction of sp³-hybridized carbons (Fsp3) is 0.357. The maximum atomic E-state index is 13.5. The highest BCUT2D eigenvalue weighted by Crippen LogP contribution is 2.30. The Hall–Kier alpha value is -3.54. The molecule has 3 aromatic rings. The summed E-state index contributed by atoms with van der Waals surface area (Å²) in [6, 6.07) is 19.0. The van der Waals surface area contributed by atoms with E-state index in [1.807, 2.05) is 95.2 Å². The van der Waals surface area contributed by atoms with E-state index in [4.69, 9.17) is 4.42 Å². The SMILES string of the molecule is C[C@@H](c1ccccc1)N(Cc1cc(NC(=O)CC(C)(C)C)ccc1N(C)C)C(=O)c1ccco1. The van der Waals surface area contributed by atoms with Gasteiger partial charge in [0.05, 0.1) is 12.3 Å². The molecule has 2 aromatic carbocycles. The molecular weight excluding hydrogens is 426 g/mol. The van der Waals surface area contributed by atoms with Crippen molar-refractivity contribution in [2.24, 2.45) is 5.41 Å². The lowest BCUT2D eigenvalue weighted by Crippen LogP contribution is -2.33. The van der Waals surface area contributed by atoms with Crippen LogP contribution in [0.5, 0.6) is 0 Å². The van der Waals surface area contributed by atoms with E-state index in [-0.39, 0.29) is 23.3 Å². The number of nitrogens with zero attached hydrogens (tertiary/aromatic N) is 2. The Kier molecular flexibility index (Phi) is 7.82. The van der Waals surface area contributed by atoms with E-state index in [1.165, 1.54) is 6.26 Å². The van der Waals surface area contributed by atoms with E-state index in [2.05, 4.69) is 5.32 Å². The van der Waals surface area contributed by atoms with Crippen LogP contribution in [0.25, 0.3) is 0 Å². The van der Waals surface area contributed by atoms with Gasteiger partial charge in [0.15, 0.2) is 5.76 Å². The minimum absolute atomic E-state index is 0.0303. The molecule has 0 aliphatic carbocycles. The van der Waals surface area contributed by atoms with Crippen LogP contribution in [0.1, 0.15) is 61.8 Å². The van der Waals surface area contributed by atoms with Gasteiger partial charge in [-0.3, -0.25) is 9.59 Å². The summed E-state index contributed by atoms with van der Waals surface area (Å²) in [7, 11) is 3.94. The summed E-state index contributed by atoms with van der Waals surface area (Å²) < 4.78 is 5.44. The molecule has 6 heteroatoms. The molecule has 0 saturated heterocycles. The molecule has 1 heterocycles. The third-order valence-electron chi connectivity index (χ3n) is 5.62. The maximum Gasteiger partial charge on any atom is 0.290 e. The lowest BCUT2D eigenvalue weighted by molar-refractivity contribution is -0.117. The zero-order valence-corrected chi connectivity index (χ0v) is 21.0. The molecule has 0 bridgehead atoms. The van der Waals surface area contributed by atoms with Gasteiger partial charge in [-0.15, -0.1) is 0 Å². The van der Waals surface area contributed by atoms with E-state index in [1.54, 1.807) is 17.0 Å². The molecule has 34 heavy (non-hydrogen) atoms. The Morgan fingerprint density at radius 2 is 1.71 bits per heavy atom. The quantitative estimate of drug-likeness (QED) is 0.439. The van der Waals surface area contributed by atoms with Gasteiger partial charge in [-0.25, -0.2) is 0 Å². The third kappa shape index (κ3) is 6.50. The fourth-order valence-electron chi connectivity index (χ4n) is 3.93. The van der Waals surface area contributed by atoms with Crippen LogP contribution in [0, 0.1) is 5.41 Å². The van der Waals surface area contributed by atoms with Gasteiger partial charge in [0, 0.05) is 38.4 Å².